The first-order valence-corrected chi connectivity index (χ1v) is 9.62. The van der Waals surface area contributed by atoms with Crippen LogP contribution in [0.4, 0.5) is 23.2 Å². The van der Waals surface area contributed by atoms with Gasteiger partial charge in [-0.15, -0.1) is 0 Å². The minimum absolute atomic E-state index is 0.00374. The normalized spacial score (nSPS) is 16.0. The Labute approximate surface area is 166 Å². The van der Waals surface area contributed by atoms with Gasteiger partial charge >= 0.3 is 0 Å². The molecule has 3 rings (SSSR count). The highest BCUT2D eigenvalue weighted by Crippen LogP contribution is 2.19. The van der Waals surface area contributed by atoms with E-state index in [2.05, 4.69) is 0 Å². The fourth-order valence-corrected chi connectivity index (χ4v) is 3.40. The highest BCUT2D eigenvalue weighted by molar-refractivity contribution is 7.80. The van der Waals surface area contributed by atoms with Crippen molar-refractivity contribution in [2.45, 2.75) is 6.54 Å². The van der Waals surface area contributed by atoms with Crippen molar-refractivity contribution in [2.75, 3.05) is 30.9 Å². The van der Waals surface area contributed by atoms with Crippen molar-refractivity contribution in [1.29, 1.82) is 0 Å². The minimum Gasteiger partial charge on any atom is -0.755 e. The molecule has 0 spiro atoms. The number of anilines is 1. The molecule has 156 valence electrons. The molecule has 11 heteroatoms. The van der Waals surface area contributed by atoms with Crippen LogP contribution in [0.25, 0.3) is 0 Å². The molecule has 0 bridgehead atoms. The molecule has 2 aromatic rings. The van der Waals surface area contributed by atoms with Crippen molar-refractivity contribution < 1.29 is 31.1 Å². The molecule has 1 aliphatic rings. The molecule has 2 aromatic carbocycles. The van der Waals surface area contributed by atoms with Gasteiger partial charge in [0.2, 0.25) is 0 Å². The van der Waals surface area contributed by atoms with Crippen molar-refractivity contribution in [3.63, 3.8) is 0 Å². The number of carbonyl (C=O) groups is 1. The maximum absolute atomic E-state index is 14.2. The van der Waals surface area contributed by atoms with E-state index in [-0.39, 0.29) is 36.4 Å². The van der Waals surface area contributed by atoms with Gasteiger partial charge in [0.25, 0.3) is 5.91 Å². The van der Waals surface area contributed by atoms with E-state index in [1.165, 1.54) is 17.0 Å². The Kier molecular flexibility index (Phi) is 6.50. The monoisotopic (exact) mass is 430 g/mol. The molecule has 1 unspecified atom stereocenters. The maximum Gasteiger partial charge on any atom is 0.256 e. The summed E-state index contributed by atoms with van der Waals surface area (Å²) in [6.45, 7) is 1.45. The predicted octanol–water partition coefficient (Wildman–Crippen LogP) is 2.41. The van der Waals surface area contributed by atoms with E-state index >= 15 is 0 Å². The Bertz CT molecular complexity index is 929. The number of rotatable bonds is 5. The number of benzene rings is 2. The van der Waals surface area contributed by atoms with Crippen molar-refractivity contribution in [2.24, 2.45) is 0 Å². The molecule has 1 N–H and O–H groups in total. The van der Waals surface area contributed by atoms with Gasteiger partial charge in [-0.1, -0.05) is 0 Å². The lowest BCUT2D eigenvalue weighted by Crippen LogP contribution is -2.48. The van der Waals surface area contributed by atoms with Crippen molar-refractivity contribution in [1.82, 2.24) is 9.80 Å². The standard InChI is InChI=1S/C18H17F4N3O3S/c19-14-9-12(23-29(27)28)1-2-13(14)18(26)25-5-3-24(4-6-25)10-11-7-15(20)17(22)16(21)8-11/h1-2,7-9,23H,3-6,10H2,(H,27,28)/p-1. The third-order valence-electron chi connectivity index (χ3n) is 4.51. The summed E-state index contributed by atoms with van der Waals surface area (Å²) in [4.78, 5) is 15.8. The summed E-state index contributed by atoms with van der Waals surface area (Å²) < 4.78 is 77.0. The number of nitrogens with zero attached hydrogens (tertiary/aromatic N) is 2. The molecule has 29 heavy (non-hydrogen) atoms. The van der Waals surface area contributed by atoms with Crippen LogP contribution in [0.2, 0.25) is 0 Å². The fraction of sp³-hybridized carbons (Fsp3) is 0.278. The van der Waals surface area contributed by atoms with E-state index < -0.39 is 40.4 Å². The smallest absolute Gasteiger partial charge is 0.256 e. The Morgan fingerprint density at radius 1 is 1.00 bits per heavy atom. The number of nitrogens with one attached hydrogen (secondary N) is 1. The Morgan fingerprint density at radius 2 is 1.62 bits per heavy atom. The summed E-state index contributed by atoms with van der Waals surface area (Å²) >= 11 is -2.61. The summed E-state index contributed by atoms with van der Waals surface area (Å²) in [5, 5.41) is 0. The van der Waals surface area contributed by atoms with Crippen molar-refractivity contribution in [3.05, 3.63) is 64.7 Å². The number of hydrogen-bond acceptors (Lipinski definition) is 4. The lowest BCUT2D eigenvalue weighted by Gasteiger charge is -2.35. The summed E-state index contributed by atoms with van der Waals surface area (Å²) in [6.07, 6.45) is 0. The van der Waals surface area contributed by atoms with Gasteiger partial charge in [-0.25, -0.2) is 17.6 Å². The molecule has 1 saturated heterocycles. The lowest BCUT2D eigenvalue weighted by molar-refractivity contribution is 0.0624. The number of hydrogen-bond donors (Lipinski definition) is 1. The quantitative estimate of drug-likeness (QED) is 0.449. The van der Waals surface area contributed by atoms with Gasteiger partial charge in [0, 0.05) is 49.7 Å². The van der Waals surface area contributed by atoms with Gasteiger partial charge in [0.1, 0.15) is 5.82 Å². The zero-order valence-electron chi connectivity index (χ0n) is 15.0. The lowest BCUT2D eigenvalue weighted by atomic mass is 10.1. The van der Waals surface area contributed by atoms with Gasteiger partial charge in [0.05, 0.1) is 5.56 Å². The zero-order chi connectivity index (χ0) is 21.1. The Morgan fingerprint density at radius 3 is 2.17 bits per heavy atom. The summed E-state index contributed by atoms with van der Waals surface area (Å²) in [5.41, 5.74) is 0.0744. The van der Waals surface area contributed by atoms with Gasteiger partial charge in [-0.2, -0.15) is 0 Å². The first kappa shape index (κ1) is 21.2. The molecular weight excluding hydrogens is 414 g/mol. The Balaban J connectivity index is 1.60. The molecule has 0 aliphatic carbocycles. The van der Waals surface area contributed by atoms with E-state index in [0.717, 1.165) is 18.2 Å². The second-order valence-electron chi connectivity index (χ2n) is 6.47. The van der Waals surface area contributed by atoms with E-state index in [9.17, 15) is 31.1 Å². The molecule has 1 heterocycles. The van der Waals surface area contributed by atoms with Gasteiger partial charge in [-0.3, -0.25) is 13.9 Å². The van der Waals surface area contributed by atoms with Crippen LogP contribution in [-0.4, -0.2) is 50.6 Å². The van der Waals surface area contributed by atoms with Crippen molar-refractivity contribution in [3.8, 4) is 0 Å². The molecular formula is C18H16F4N3O3S-. The van der Waals surface area contributed by atoms with Crippen LogP contribution in [-0.2, 0) is 17.8 Å². The van der Waals surface area contributed by atoms with E-state index in [1.54, 1.807) is 0 Å². The first-order valence-electron chi connectivity index (χ1n) is 8.55. The van der Waals surface area contributed by atoms with Crippen molar-refractivity contribution >= 4 is 22.9 Å². The third kappa shape index (κ3) is 5.11. The van der Waals surface area contributed by atoms with Gasteiger partial charge in [-0.05, 0) is 35.9 Å². The van der Waals surface area contributed by atoms with Gasteiger partial charge < -0.3 is 14.2 Å². The molecule has 1 fully saturated rings. The molecule has 1 amide bonds. The van der Waals surface area contributed by atoms with Crippen LogP contribution in [0.1, 0.15) is 15.9 Å². The predicted molar refractivity (Wildman–Crippen MR) is 96.4 cm³/mol. The van der Waals surface area contributed by atoms with Crippen LogP contribution in [0, 0.1) is 23.3 Å². The topological polar surface area (TPSA) is 75.7 Å². The highest BCUT2D eigenvalue weighted by atomic mass is 32.2. The largest absolute Gasteiger partial charge is 0.755 e. The summed E-state index contributed by atoms with van der Waals surface area (Å²) in [5.74, 6) is -5.44. The average molecular weight is 430 g/mol. The van der Waals surface area contributed by atoms with Crippen LogP contribution >= 0.6 is 0 Å². The van der Waals surface area contributed by atoms with Gasteiger partial charge in [0.15, 0.2) is 17.5 Å². The van der Waals surface area contributed by atoms with E-state index in [1.807, 2.05) is 9.62 Å². The average Bonchev–Trinajstić information content (AvgIpc) is 2.66. The van der Waals surface area contributed by atoms with E-state index in [4.69, 9.17) is 0 Å². The van der Waals surface area contributed by atoms with Crippen LogP contribution in [0.3, 0.4) is 0 Å². The SMILES string of the molecule is O=C(c1ccc(NS(=O)[O-])cc1F)N1CCN(Cc2cc(F)c(F)c(F)c2)CC1. The van der Waals surface area contributed by atoms with Crippen LogP contribution < -0.4 is 4.72 Å². The second kappa shape index (κ2) is 8.89. The Hall–Kier alpha value is -2.50. The zero-order valence-corrected chi connectivity index (χ0v) is 15.8. The minimum atomic E-state index is -2.61. The molecule has 1 aliphatic heterocycles. The second-order valence-corrected chi connectivity index (χ2v) is 7.15. The number of halogens is 4. The first-order chi connectivity index (χ1) is 13.7. The summed E-state index contributed by atoms with van der Waals surface area (Å²) in [6, 6.07) is 5.24. The summed E-state index contributed by atoms with van der Waals surface area (Å²) in [7, 11) is 0. The maximum atomic E-state index is 14.2. The molecule has 1 atom stereocenters. The number of carbonyl (C=O) groups excluding carboxylic acids is 1. The fourth-order valence-electron chi connectivity index (χ4n) is 3.09. The van der Waals surface area contributed by atoms with E-state index in [0.29, 0.717) is 13.1 Å². The van der Waals surface area contributed by atoms with Crippen LogP contribution in [0.15, 0.2) is 30.3 Å². The molecule has 6 nitrogen and oxygen atoms in total. The van der Waals surface area contributed by atoms with Crippen LogP contribution in [0.5, 0.6) is 0 Å². The molecule has 0 aromatic heterocycles. The third-order valence-corrected chi connectivity index (χ3v) is 4.91. The number of amides is 1. The molecule has 0 radical (unpaired) electrons. The number of piperazine rings is 1. The highest BCUT2D eigenvalue weighted by Gasteiger charge is 2.24. The molecule has 0 saturated carbocycles.